The third-order valence-corrected chi connectivity index (χ3v) is 2.01. The van der Waals surface area contributed by atoms with E-state index < -0.39 is 11.5 Å². The van der Waals surface area contributed by atoms with E-state index in [2.05, 4.69) is 17.0 Å². The molecule has 0 saturated carbocycles. The van der Waals surface area contributed by atoms with Crippen molar-refractivity contribution in [3.63, 3.8) is 0 Å². The molecule has 0 atom stereocenters. The molecule has 0 aliphatic heterocycles. The van der Waals surface area contributed by atoms with Gasteiger partial charge in [0.1, 0.15) is 5.56 Å². The SMILES string of the molecule is O=C(O)c1c([S-])s[nH]c1=O.[Na+].[Na].[Na]. The zero-order valence-corrected chi connectivity index (χ0v) is 15.2. The fraction of sp³-hybridized carbons (Fsp3) is 0. The van der Waals surface area contributed by atoms with Gasteiger partial charge in [-0.3, -0.25) is 16.3 Å². The Balaban J connectivity index is -0.000000333. The Hall–Kier alpha value is 2.12. The van der Waals surface area contributed by atoms with Crippen LogP contribution in [0.2, 0.25) is 0 Å². The molecular weight excluding hydrogens is 243 g/mol. The van der Waals surface area contributed by atoms with Gasteiger partial charge >= 0.3 is 35.5 Å². The third kappa shape index (κ3) is 5.67. The first-order valence-electron chi connectivity index (χ1n) is 2.24. The molecule has 0 fully saturated rings. The summed E-state index contributed by atoms with van der Waals surface area (Å²) in [7, 11) is 0. The number of aromatic nitrogens is 1. The number of carboxylic acid groups (broad SMARTS) is 1. The van der Waals surface area contributed by atoms with Gasteiger partial charge in [-0.2, -0.15) is 0 Å². The van der Waals surface area contributed by atoms with E-state index in [1.54, 1.807) is 0 Å². The minimum Gasteiger partial charge on any atom is -0.478 e. The van der Waals surface area contributed by atoms with Gasteiger partial charge in [0.05, 0.1) is 0 Å². The number of hydrogen-bond acceptors (Lipinski definition) is 4. The molecule has 0 spiro atoms. The zero-order valence-electron chi connectivity index (χ0n) is 7.58. The van der Waals surface area contributed by atoms with E-state index in [4.69, 9.17) is 5.11 Å². The number of aromatic carboxylic acids is 1. The Kier molecular flexibility index (Phi) is 14.8. The molecule has 9 heteroatoms. The standard InChI is InChI=1S/C4H3NO3S2.3Na/c6-2-1(3(7)8)4(9)10-5-2;;;/h9H,(H,5,6)(H,7,8);;;/q;;;+1/p-1. The van der Waals surface area contributed by atoms with Gasteiger partial charge in [0, 0.05) is 59.1 Å². The molecule has 56 valence electrons. The number of nitrogens with one attached hydrogen (secondary N) is 1. The van der Waals surface area contributed by atoms with Crippen LogP contribution >= 0.6 is 11.5 Å². The van der Waals surface area contributed by atoms with Crippen LogP contribution in [0.1, 0.15) is 10.4 Å². The minimum absolute atomic E-state index is 0. The maximum Gasteiger partial charge on any atom is 1.00 e. The molecular formula is C4H2NNa3O3S2. The maximum atomic E-state index is 10.6. The molecule has 0 aliphatic carbocycles. The maximum absolute atomic E-state index is 10.6. The van der Waals surface area contributed by atoms with E-state index in [1.807, 2.05) is 0 Å². The number of carbonyl (C=O) groups is 1. The van der Waals surface area contributed by atoms with Gasteiger partial charge in [0.2, 0.25) is 0 Å². The van der Waals surface area contributed by atoms with Crippen molar-refractivity contribution in [2.75, 3.05) is 0 Å². The summed E-state index contributed by atoms with van der Waals surface area (Å²) in [6, 6.07) is 0. The van der Waals surface area contributed by atoms with Crippen molar-refractivity contribution < 1.29 is 39.5 Å². The third-order valence-electron chi connectivity index (χ3n) is 0.881. The van der Waals surface area contributed by atoms with E-state index >= 15 is 0 Å². The average Bonchev–Trinajstić information content (AvgIpc) is 2.11. The van der Waals surface area contributed by atoms with Crippen LogP contribution in [0.4, 0.5) is 0 Å². The van der Waals surface area contributed by atoms with Crippen LogP contribution in [0.15, 0.2) is 9.00 Å². The summed E-state index contributed by atoms with van der Waals surface area (Å²) in [5.74, 6) is -1.27. The normalized spacial score (nSPS) is 7.38. The van der Waals surface area contributed by atoms with Gasteiger partial charge in [-0.05, 0) is 0 Å². The predicted octanol–water partition coefficient (Wildman–Crippen LogP) is -3.72. The average molecular weight is 245 g/mol. The fourth-order valence-electron chi connectivity index (χ4n) is 0.472. The molecule has 0 bridgehead atoms. The molecule has 0 amide bonds. The van der Waals surface area contributed by atoms with Crippen molar-refractivity contribution in [3.05, 3.63) is 15.9 Å². The summed E-state index contributed by atoms with van der Waals surface area (Å²) in [5, 5.41) is 8.36. The first-order chi connectivity index (χ1) is 4.63. The molecule has 2 radical (unpaired) electrons. The van der Waals surface area contributed by atoms with Crippen LogP contribution in [0.25, 0.3) is 0 Å². The largest absolute Gasteiger partial charge is 1.00 e. The molecule has 1 aromatic heterocycles. The Morgan fingerprint density at radius 1 is 1.46 bits per heavy atom. The van der Waals surface area contributed by atoms with Crippen molar-refractivity contribution in [2.24, 2.45) is 0 Å². The smallest absolute Gasteiger partial charge is 0.478 e. The number of H-pyrrole nitrogens is 1. The van der Waals surface area contributed by atoms with Crippen LogP contribution in [0.3, 0.4) is 0 Å². The number of aromatic amines is 1. The first-order valence-corrected chi connectivity index (χ1v) is 3.47. The van der Waals surface area contributed by atoms with Crippen LogP contribution in [0, 0.1) is 0 Å². The van der Waals surface area contributed by atoms with Crippen molar-refractivity contribution in [1.29, 1.82) is 0 Å². The van der Waals surface area contributed by atoms with Gasteiger partial charge in [0.15, 0.2) is 0 Å². The van der Waals surface area contributed by atoms with Crippen LogP contribution in [0.5, 0.6) is 0 Å². The monoisotopic (exact) mass is 245 g/mol. The Morgan fingerprint density at radius 3 is 2.08 bits per heavy atom. The molecule has 0 saturated heterocycles. The molecule has 1 aromatic rings. The Bertz CT molecular complexity index is 323. The van der Waals surface area contributed by atoms with Crippen LogP contribution < -0.4 is 35.1 Å². The number of carboxylic acids is 1. The van der Waals surface area contributed by atoms with Crippen molar-refractivity contribution in [3.8, 4) is 0 Å². The number of rotatable bonds is 1. The van der Waals surface area contributed by atoms with E-state index in [-0.39, 0.29) is 98.4 Å². The molecule has 1 heterocycles. The van der Waals surface area contributed by atoms with Crippen molar-refractivity contribution in [1.82, 2.24) is 4.37 Å². The molecule has 0 aromatic carbocycles. The Labute approximate surface area is 150 Å². The molecule has 2 N–H and O–H groups in total. The summed E-state index contributed by atoms with van der Waals surface area (Å²) in [4.78, 5) is 20.8. The van der Waals surface area contributed by atoms with Crippen molar-refractivity contribution in [2.45, 2.75) is 4.21 Å². The van der Waals surface area contributed by atoms with Gasteiger partial charge in [0.25, 0.3) is 5.56 Å². The predicted molar refractivity (Wildman–Crippen MR) is 49.0 cm³/mol. The Morgan fingerprint density at radius 2 is 1.92 bits per heavy atom. The summed E-state index contributed by atoms with van der Waals surface area (Å²) < 4.78 is 2.31. The summed E-state index contributed by atoms with van der Waals surface area (Å²) in [6.45, 7) is 0. The summed E-state index contributed by atoms with van der Waals surface area (Å²) >= 11 is 5.41. The van der Waals surface area contributed by atoms with E-state index in [0.29, 0.717) is 0 Å². The topological polar surface area (TPSA) is 70.2 Å². The van der Waals surface area contributed by atoms with E-state index in [9.17, 15) is 9.59 Å². The molecule has 0 unspecified atom stereocenters. The van der Waals surface area contributed by atoms with E-state index in [0.717, 1.165) is 11.5 Å². The second kappa shape index (κ2) is 9.35. The fourth-order valence-corrected chi connectivity index (χ4v) is 1.35. The second-order valence-corrected chi connectivity index (χ2v) is 2.98. The van der Waals surface area contributed by atoms with Crippen molar-refractivity contribution >= 4 is 89.2 Å². The number of hydrogen-bond donors (Lipinski definition) is 2. The van der Waals surface area contributed by atoms with E-state index in [1.165, 1.54) is 0 Å². The van der Waals surface area contributed by atoms with Crippen LogP contribution in [-0.4, -0.2) is 74.6 Å². The molecule has 0 aliphatic rings. The zero-order chi connectivity index (χ0) is 7.72. The molecule has 4 nitrogen and oxygen atoms in total. The van der Waals surface area contributed by atoms with Gasteiger partial charge in [-0.25, -0.2) is 4.79 Å². The van der Waals surface area contributed by atoms with Gasteiger partial charge < -0.3 is 22.1 Å². The molecule has 1 rings (SSSR count). The van der Waals surface area contributed by atoms with Crippen LogP contribution in [-0.2, 0) is 12.6 Å². The summed E-state index contributed by atoms with van der Waals surface area (Å²) in [5.41, 5.74) is -0.956. The first kappa shape index (κ1) is 20.5. The minimum atomic E-state index is -1.27. The van der Waals surface area contributed by atoms with Gasteiger partial charge in [-0.15, -0.1) is 0 Å². The quantitative estimate of drug-likeness (QED) is 0.394. The molecule has 13 heavy (non-hydrogen) atoms. The van der Waals surface area contributed by atoms with Gasteiger partial charge in [-0.1, -0.05) is 4.21 Å². The second-order valence-electron chi connectivity index (χ2n) is 1.50. The summed E-state index contributed by atoms with van der Waals surface area (Å²) in [6.07, 6.45) is 0.